The molecular formula is C17H27N2O. The Morgan fingerprint density at radius 2 is 1.60 bits per heavy atom. The molecule has 1 saturated heterocycles. The molecule has 3 heteroatoms. The quantitative estimate of drug-likeness (QED) is 0.786. The fraction of sp³-hybridized carbons (Fsp3) is 0.647. The molecule has 1 aromatic carbocycles. The zero-order valence-electron chi connectivity index (χ0n) is 12.8. The smallest absolute Gasteiger partial charge is 0.178 e. The highest BCUT2D eigenvalue weighted by molar-refractivity contribution is 5.49. The van der Waals surface area contributed by atoms with Crippen LogP contribution in [-0.4, -0.2) is 37.1 Å². The van der Waals surface area contributed by atoms with Crippen LogP contribution in [0.25, 0.3) is 0 Å². The first-order valence-electron chi connectivity index (χ1n) is 8.00. The van der Waals surface area contributed by atoms with Gasteiger partial charge in [0.1, 0.15) is 0 Å². The fourth-order valence-corrected chi connectivity index (χ4v) is 3.20. The van der Waals surface area contributed by atoms with Gasteiger partial charge in [-0.25, -0.2) is 0 Å². The highest BCUT2D eigenvalue weighted by Crippen LogP contribution is 2.24. The van der Waals surface area contributed by atoms with Gasteiger partial charge < -0.3 is 9.80 Å². The van der Waals surface area contributed by atoms with Gasteiger partial charge in [0.25, 0.3) is 0 Å². The summed E-state index contributed by atoms with van der Waals surface area (Å²) in [5.41, 5.74) is 1.19. The van der Waals surface area contributed by atoms with Crippen molar-refractivity contribution in [3.8, 4) is 5.75 Å². The summed E-state index contributed by atoms with van der Waals surface area (Å²) in [4.78, 5) is 5.07. The van der Waals surface area contributed by atoms with Crippen LogP contribution in [0.4, 0.5) is 5.69 Å². The Hall–Kier alpha value is -1.22. The van der Waals surface area contributed by atoms with Crippen molar-refractivity contribution in [1.29, 1.82) is 0 Å². The van der Waals surface area contributed by atoms with E-state index in [1.165, 1.54) is 44.5 Å². The summed E-state index contributed by atoms with van der Waals surface area (Å²) in [5, 5.41) is 11.2. The minimum atomic E-state index is 0.0979. The van der Waals surface area contributed by atoms with Crippen molar-refractivity contribution >= 4 is 5.69 Å². The Labute approximate surface area is 123 Å². The van der Waals surface area contributed by atoms with Crippen LogP contribution in [0.15, 0.2) is 24.3 Å². The highest BCUT2D eigenvalue weighted by atomic mass is 16.3. The Bertz CT molecular complexity index is 376. The molecule has 0 N–H and O–H groups in total. The van der Waals surface area contributed by atoms with E-state index in [0.29, 0.717) is 0 Å². The molecule has 0 aliphatic carbocycles. The summed E-state index contributed by atoms with van der Waals surface area (Å²) in [6.45, 7) is 9.19. The first-order chi connectivity index (χ1) is 9.74. The van der Waals surface area contributed by atoms with Crippen molar-refractivity contribution in [2.24, 2.45) is 0 Å². The van der Waals surface area contributed by atoms with Gasteiger partial charge in [0.15, 0.2) is 5.75 Å². The largest absolute Gasteiger partial charge is 0.371 e. The van der Waals surface area contributed by atoms with E-state index >= 15 is 0 Å². The van der Waals surface area contributed by atoms with Crippen molar-refractivity contribution in [2.75, 3.05) is 31.1 Å². The van der Waals surface area contributed by atoms with Crippen molar-refractivity contribution in [1.82, 2.24) is 4.90 Å². The second-order valence-corrected chi connectivity index (χ2v) is 5.75. The molecule has 1 aromatic rings. The zero-order valence-corrected chi connectivity index (χ0v) is 12.8. The molecule has 111 valence electrons. The molecule has 1 radical (unpaired) electrons. The lowest BCUT2D eigenvalue weighted by Gasteiger charge is -2.39. The number of hydrogen-bond donors (Lipinski definition) is 0. The highest BCUT2D eigenvalue weighted by Gasteiger charge is 2.23. The molecule has 0 saturated carbocycles. The maximum atomic E-state index is 11.2. The molecule has 1 heterocycles. The number of piperidine rings is 1. The second kappa shape index (κ2) is 7.53. The molecule has 0 spiro atoms. The van der Waals surface area contributed by atoms with Gasteiger partial charge in [0.05, 0.1) is 0 Å². The molecule has 0 aromatic heterocycles. The molecule has 0 unspecified atom stereocenters. The van der Waals surface area contributed by atoms with E-state index in [1.54, 1.807) is 12.1 Å². The molecule has 2 rings (SSSR count). The number of hydrogen-bond acceptors (Lipinski definition) is 2. The Morgan fingerprint density at radius 1 is 1.05 bits per heavy atom. The molecule has 3 nitrogen and oxygen atoms in total. The summed E-state index contributed by atoms with van der Waals surface area (Å²) in [7, 11) is 0. The standard InChI is InChI=1S/C17H27N2O/c1-3-11-18(12-4-2)16-9-13-19(14-10-16)15-5-7-17(20)8-6-15/h5-8,16H,3-4,9-14H2,1-2H3. The first kappa shape index (κ1) is 15.2. The lowest BCUT2D eigenvalue weighted by molar-refractivity contribution is 0.169. The van der Waals surface area contributed by atoms with E-state index < -0.39 is 0 Å². The molecule has 1 fully saturated rings. The molecule has 20 heavy (non-hydrogen) atoms. The summed E-state index contributed by atoms with van der Waals surface area (Å²) < 4.78 is 0. The predicted molar refractivity (Wildman–Crippen MR) is 84.0 cm³/mol. The normalized spacial score (nSPS) is 16.9. The number of benzene rings is 1. The van der Waals surface area contributed by atoms with Crippen LogP contribution < -0.4 is 4.90 Å². The average molecular weight is 275 g/mol. The maximum absolute atomic E-state index is 11.2. The Morgan fingerprint density at radius 3 is 2.10 bits per heavy atom. The Balaban J connectivity index is 1.89. The molecule has 1 aliphatic rings. The second-order valence-electron chi connectivity index (χ2n) is 5.75. The Kier molecular flexibility index (Phi) is 5.72. The van der Waals surface area contributed by atoms with Crippen molar-refractivity contribution < 1.29 is 5.11 Å². The number of anilines is 1. The van der Waals surface area contributed by atoms with Crippen molar-refractivity contribution in [3.63, 3.8) is 0 Å². The lowest BCUT2D eigenvalue weighted by Crippen LogP contribution is -2.45. The van der Waals surface area contributed by atoms with Gasteiger partial charge in [0.2, 0.25) is 0 Å². The third-order valence-corrected chi connectivity index (χ3v) is 4.20. The van der Waals surface area contributed by atoms with Crippen molar-refractivity contribution in [3.05, 3.63) is 24.3 Å². The van der Waals surface area contributed by atoms with Gasteiger partial charge in [-0.15, -0.1) is 0 Å². The van der Waals surface area contributed by atoms with E-state index in [-0.39, 0.29) is 5.75 Å². The van der Waals surface area contributed by atoms with Crippen LogP contribution in [0.3, 0.4) is 0 Å². The average Bonchev–Trinajstić information content (AvgIpc) is 2.48. The SMILES string of the molecule is CCCN(CCC)C1CCN(c2ccc([O])cc2)CC1. The summed E-state index contributed by atoms with van der Waals surface area (Å²) >= 11 is 0. The van der Waals surface area contributed by atoms with Gasteiger partial charge in [-0.2, -0.15) is 0 Å². The van der Waals surface area contributed by atoms with E-state index in [4.69, 9.17) is 0 Å². The number of rotatable bonds is 6. The monoisotopic (exact) mass is 275 g/mol. The van der Waals surface area contributed by atoms with Crippen molar-refractivity contribution in [2.45, 2.75) is 45.6 Å². The van der Waals surface area contributed by atoms with Crippen LogP contribution in [0, 0.1) is 0 Å². The van der Waals surface area contributed by atoms with E-state index in [9.17, 15) is 5.11 Å². The minimum Gasteiger partial charge on any atom is -0.371 e. The summed E-state index contributed by atoms with van der Waals surface area (Å²) in [6.07, 6.45) is 4.95. The molecule has 0 bridgehead atoms. The van der Waals surface area contributed by atoms with E-state index in [2.05, 4.69) is 23.6 Å². The van der Waals surface area contributed by atoms with Crippen LogP contribution >= 0.6 is 0 Å². The molecule has 0 amide bonds. The van der Waals surface area contributed by atoms with Crippen LogP contribution in [0.5, 0.6) is 5.75 Å². The van der Waals surface area contributed by atoms with E-state index in [1.807, 2.05) is 12.1 Å². The fourth-order valence-electron chi connectivity index (χ4n) is 3.20. The van der Waals surface area contributed by atoms with Gasteiger partial charge in [-0.05, 0) is 63.0 Å². The van der Waals surface area contributed by atoms with Gasteiger partial charge >= 0.3 is 0 Å². The first-order valence-corrected chi connectivity index (χ1v) is 8.00. The summed E-state index contributed by atoms with van der Waals surface area (Å²) in [5.74, 6) is 0.0979. The lowest BCUT2D eigenvalue weighted by atomic mass is 10.0. The topological polar surface area (TPSA) is 26.4 Å². The molecule has 0 atom stereocenters. The predicted octanol–water partition coefficient (Wildman–Crippen LogP) is 3.92. The van der Waals surface area contributed by atoms with Crippen LogP contribution in [-0.2, 0) is 5.11 Å². The van der Waals surface area contributed by atoms with Gasteiger partial charge in [0, 0.05) is 24.8 Å². The third kappa shape index (κ3) is 3.89. The van der Waals surface area contributed by atoms with Gasteiger partial charge in [-0.1, -0.05) is 13.8 Å². The maximum Gasteiger partial charge on any atom is 0.178 e. The van der Waals surface area contributed by atoms with Crippen LogP contribution in [0.1, 0.15) is 39.5 Å². The third-order valence-electron chi connectivity index (χ3n) is 4.20. The zero-order chi connectivity index (χ0) is 14.4. The van der Waals surface area contributed by atoms with Crippen LogP contribution in [0.2, 0.25) is 0 Å². The molecule has 1 aliphatic heterocycles. The number of nitrogens with zero attached hydrogens (tertiary/aromatic N) is 2. The minimum absolute atomic E-state index is 0.0979. The van der Waals surface area contributed by atoms with E-state index in [0.717, 1.165) is 19.1 Å². The van der Waals surface area contributed by atoms with Gasteiger partial charge in [-0.3, -0.25) is 5.11 Å². The summed E-state index contributed by atoms with van der Waals surface area (Å²) in [6, 6.07) is 7.99. The molecular weight excluding hydrogens is 248 g/mol.